The molecule has 0 aliphatic carbocycles. The molecule has 0 N–H and O–H groups in total. The Kier molecular flexibility index (Phi) is 7.10. The lowest BCUT2D eigenvalue weighted by Gasteiger charge is -2.13. The topological polar surface area (TPSA) is 22.8 Å². The van der Waals surface area contributed by atoms with Crippen LogP contribution in [0.15, 0.2) is 200 Å². The Bertz CT molecular complexity index is 3430. The van der Waals surface area contributed by atoms with Gasteiger partial charge in [-0.25, -0.2) is 4.98 Å². The molecule has 4 heterocycles. The second-order valence-corrected chi connectivity index (χ2v) is 15.7. The molecule has 0 bridgehead atoms. The zero-order valence-corrected chi connectivity index (χ0v) is 31.6. The number of rotatable bonds is 5. The van der Waals surface area contributed by atoms with Crippen molar-refractivity contribution < 1.29 is 0 Å². The molecule has 12 aromatic rings. The predicted octanol–water partition coefficient (Wildman–Crippen LogP) is 14.6. The van der Waals surface area contributed by atoms with E-state index in [0.29, 0.717) is 0 Å². The Labute approximate surface area is 333 Å². The predicted molar refractivity (Wildman–Crippen MR) is 242 cm³/mol. The Morgan fingerprint density at radius 3 is 1.51 bits per heavy atom. The zero-order valence-electron chi connectivity index (χ0n) is 30.8. The van der Waals surface area contributed by atoms with Gasteiger partial charge in [0.2, 0.25) is 0 Å². The standard InChI is InChI=1S/C53H33N3S/c1-4-16-34(17-5-1)37-32-43(35-18-6-2-7-19-35)54-44(33-37)36-28-30-39(31-29-36)56-46-26-14-11-23-41(46)50-51-48(49-42-24-12-15-27-47(42)57-53(49)52(50)56)40-22-10-13-25-45(40)55(51)38-20-8-3-9-21-38/h1-33H. The number of para-hydroxylation sites is 3. The first-order valence-electron chi connectivity index (χ1n) is 19.4. The second kappa shape index (κ2) is 12.6. The molecule has 4 heteroatoms. The molecule has 266 valence electrons. The Morgan fingerprint density at radius 1 is 0.351 bits per heavy atom. The van der Waals surface area contributed by atoms with E-state index in [1.165, 1.54) is 69.3 Å². The van der Waals surface area contributed by atoms with Gasteiger partial charge in [0.25, 0.3) is 0 Å². The van der Waals surface area contributed by atoms with Crippen LogP contribution in [0, 0.1) is 0 Å². The minimum Gasteiger partial charge on any atom is -0.309 e. The van der Waals surface area contributed by atoms with Crippen LogP contribution in [0.25, 0.3) is 109 Å². The molecule has 0 unspecified atom stereocenters. The minimum atomic E-state index is 0.949. The summed E-state index contributed by atoms with van der Waals surface area (Å²) in [5.41, 5.74) is 13.6. The van der Waals surface area contributed by atoms with Crippen molar-refractivity contribution in [3.05, 3.63) is 200 Å². The van der Waals surface area contributed by atoms with E-state index in [2.05, 4.69) is 209 Å². The van der Waals surface area contributed by atoms with E-state index in [4.69, 9.17) is 4.98 Å². The molecule has 0 aliphatic rings. The van der Waals surface area contributed by atoms with Gasteiger partial charge >= 0.3 is 0 Å². The first-order chi connectivity index (χ1) is 28.3. The summed E-state index contributed by atoms with van der Waals surface area (Å²) >= 11 is 1.90. The van der Waals surface area contributed by atoms with Crippen LogP contribution in [0.3, 0.4) is 0 Å². The summed E-state index contributed by atoms with van der Waals surface area (Å²) < 4.78 is 7.60. The maximum absolute atomic E-state index is 5.24. The van der Waals surface area contributed by atoms with Gasteiger partial charge in [0.05, 0.1) is 38.2 Å². The van der Waals surface area contributed by atoms with Gasteiger partial charge in [0.1, 0.15) is 0 Å². The van der Waals surface area contributed by atoms with Crippen LogP contribution in [0.1, 0.15) is 0 Å². The maximum atomic E-state index is 5.24. The molecule has 8 aromatic carbocycles. The number of thiophene rings is 1. The van der Waals surface area contributed by atoms with E-state index >= 15 is 0 Å². The summed E-state index contributed by atoms with van der Waals surface area (Å²) in [6.45, 7) is 0. The lowest BCUT2D eigenvalue weighted by Crippen LogP contribution is -1.96. The number of fused-ring (bicyclic) bond motifs is 12. The van der Waals surface area contributed by atoms with Crippen molar-refractivity contribution in [2.24, 2.45) is 0 Å². The van der Waals surface area contributed by atoms with Crippen molar-refractivity contribution >= 4 is 75.1 Å². The van der Waals surface area contributed by atoms with Crippen molar-refractivity contribution in [1.29, 1.82) is 0 Å². The molecule has 0 aliphatic heterocycles. The van der Waals surface area contributed by atoms with Gasteiger partial charge in [0, 0.05) is 59.5 Å². The van der Waals surface area contributed by atoms with E-state index < -0.39 is 0 Å². The average molecular weight is 744 g/mol. The summed E-state index contributed by atoms with van der Waals surface area (Å²) in [4.78, 5) is 5.24. The second-order valence-electron chi connectivity index (χ2n) is 14.7. The fourth-order valence-electron chi connectivity index (χ4n) is 9.01. The Morgan fingerprint density at radius 2 is 0.842 bits per heavy atom. The molecule has 0 radical (unpaired) electrons. The number of benzene rings is 8. The molecular formula is C53H33N3S. The monoisotopic (exact) mass is 743 g/mol. The summed E-state index contributed by atoms with van der Waals surface area (Å²) in [5.74, 6) is 0. The normalized spacial score (nSPS) is 11.9. The molecule has 3 nitrogen and oxygen atoms in total. The Hall–Kier alpha value is -7.27. The molecule has 0 atom stereocenters. The van der Waals surface area contributed by atoms with Gasteiger partial charge < -0.3 is 9.13 Å². The van der Waals surface area contributed by atoms with Gasteiger partial charge in [-0.15, -0.1) is 11.3 Å². The molecule has 0 amide bonds. The van der Waals surface area contributed by atoms with Crippen molar-refractivity contribution in [2.45, 2.75) is 0 Å². The number of nitrogens with zero attached hydrogens (tertiary/aromatic N) is 3. The van der Waals surface area contributed by atoms with Gasteiger partial charge in [-0.2, -0.15) is 0 Å². The van der Waals surface area contributed by atoms with E-state index in [9.17, 15) is 0 Å². The lowest BCUT2D eigenvalue weighted by atomic mass is 10.00. The number of hydrogen-bond donors (Lipinski definition) is 0. The number of pyridine rings is 1. The number of hydrogen-bond acceptors (Lipinski definition) is 2. The van der Waals surface area contributed by atoms with Crippen LogP contribution in [0.4, 0.5) is 0 Å². The van der Waals surface area contributed by atoms with Crippen molar-refractivity contribution in [3.63, 3.8) is 0 Å². The average Bonchev–Trinajstić information content (AvgIpc) is 3.95. The third-order valence-corrected chi connectivity index (χ3v) is 12.7. The van der Waals surface area contributed by atoms with Crippen LogP contribution >= 0.6 is 11.3 Å². The first-order valence-corrected chi connectivity index (χ1v) is 20.2. The molecule has 0 saturated carbocycles. The van der Waals surface area contributed by atoms with Gasteiger partial charge in [-0.05, 0) is 65.7 Å². The smallest absolute Gasteiger partial charge is 0.0741 e. The van der Waals surface area contributed by atoms with Crippen molar-refractivity contribution in [3.8, 4) is 45.0 Å². The van der Waals surface area contributed by atoms with Crippen molar-refractivity contribution in [2.75, 3.05) is 0 Å². The largest absolute Gasteiger partial charge is 0.309 e. The highest BCUT2D eigenvalue weighted by Gasteiger charge is 2.26. The molecule has 4 aromatic heterocycles. The Balaban J connectivity index is 1.16. The molecule has 0 saturated heterocycles. The quantitative estimate of drug-likeness (QED) is 0.172. The molecule has 57 heavy (non-hydrogen) atoms. The summed E-state index contributed by atoms with van der Waals surface area (Å²) in [6, 6.07) is 72.1. The summed E-state index contributed by atoms with van der Waals surface area (Å²) in [5, 5.41) is 7.71. The van der Waals surface area contributed by atoms with Crippen LogP contribution in [0.2, 0.25) is 0 Å². The summed E-state index contributed by atoms with van der Waals surface area (Å²) in [7, 11) is 0. The lowest BCUT2D eigenvalue weighted by molar-refractivity contribution is 1.18. The molecular weight excluding hydrogens is 711 g/mol. The van der Waals surface area contributed by atoms with E-state index in [0.717, 1.165) is 39.5 Å². The highest BCUT2D eigenvalue weighted by atomic mass is 32.1. The van der Waals surface area contributed by atoms with Gasteiger partial charge in [0.15, 0.2) is 0 Å². The highest BCUT2D eigenvalue weighted by molar-refractivity contribution is 7.27. The third kappa shape index (κ3) is 4.88. The fourth-order valence-corrected chi connectivity index (χ4v) is 10.3. The van der Waals surface area contributed by atoms with Crippen LogP contribution in [-0.4, -0.2) is 14.1 Å². The SMILES string of the molecule is c1ccc(-c2cc(-c3ccccc3)nc(-c3ccc(-n4c5ccccc5c5c4c4sc6ccccc6c4c4c6ccccc6n(-c6ccccc6)c45)cc3)c2)cc1. The molecule has 12 rings (SSSR count). The fraction of sp³-hybridized carbons (Fsp3) is 0. The minimum absolute atomic E-state index is 0.949. The van der Waals surface area contributed by atoms with Crippen molar-refractivity contribution in [1.82, 2.24) is 14.1 Å². The first kappa shape index (κ1) is 32.0. The van der Waals surface area contributed by atoms with Crippen LogP contribution < -0.4 is 0 Å². The zero-order chi connectivity index (χ0) is 37.5. The van der Waals surface area contributed by atoms with Gasteiger partial charge in [-0.1, -0.05) is 146 Å². The maximum Gasteiger partial charge on any atom is 0.0741 e. The van der Waals surface area contributed by atoms with E-state index in [-0.39, 0.29) is 0 Å². The number of aromatic nitrogens is 3. The van der Waals surface area contributed by atoms with Gasteiger partial charge in [-0.3, -0.25) is 0 Å². The molecule has 0 spiro atoms. The third-order valence-electron chi connectivity index (χ3n) is 11.5. The highest BCUT2D eigenvalue weighted by Crippen LogP contribution is 2.51. The van der Waals surface area contributed by atoms with Crippen LogP contribution in [0.5, 0.6) is 0 Å². The van der Waals surface area contributed by atoms with Crippen LogP contribution in [-0.2, 0) is 0 Å². The molecule has 0 fully saturated rings. The summed E-state index contributed by atoms with van der Waals surface area (Å²) in [6.07, 6.45) is 0. The van der Waals surface area contributed by atoms with E-state index in [1.807, 2.05) is 11.3 Å². The van der Waals surface area contributed by atoms with E-state index in [1.54, 1.807) is 0 Å².